The highest BCUT2D eigenvalue weighted by molar-refractivity contribution is 5.22. The molecular weight excluding hydrogens is 224 g/mol. The molecule has 2 unspecified atom stereocenters. The van der Waals surface area contributed by atoms with E-state index in [0.717, 1.165) is 18.7 Å². The summed E-state index contributed by atoms with van der Waals surface area (Å²) in [5.74, 6) is 0. The second-order valence-corrected chi connectivity index (χ2v) is 5.48. The molecule has 4 nitrogen and oxygen atoms in total. The predicted molar refractivity (Wildman–Crippen MR) is 74.4 cm³/mol. The molecule has 1 aliphatic heterocycles. The van der Waals surface area contributed by atoms with Crippen molar-refractivity contribution in [3.8, 4) is 0 Å². The lowest BCUT2D eigenvalue weighted by Gasteiger charge is -2.33. The average Bonchev–Trinajstić information content (AvgIpc) is 2.54. The number of hydrogen-bond donors (Lipinski definition) is 1. The van der Waals surface area contributed by atoms with Crippen molar-refractivity contribution in [3.05, 3.63) is 17.5 Å². The summed E-state index contributed by atoms with van der Waals surface area (Å²) in [4.78, 5) is 2.56. The molecule has 102 valence electrons. The normalized spacial score (nSPS) is 26.2. The van der Waals surface area contributed by atoms with Gasteiger partial charge < -0.3 is 5.73 Å². The SMILES string of the molecule is CCCN1CCCCC(N)C1c1cn(C)nc1C. The number of likely N-dealkylation sites (tertiary alicyclic amines) is 1. The topological polar surface area (TPSA) is 47.1 Å². The smallest absolute Gasteiger partial charge is 0.0642 e. The summed E-state index contributed by atoms with van der Waals surface area (Å²) >= 11 is 0. The number of rotatable bonds is 3. The van der Waals surface area contributed by atoms with Crippen LogP contribution in [0.25, 0.3) is 0 Å². The third kappa shape index (κ3) is 2.75. The largest absolute Gasteiger partial charge is 0.326 e. The van der Waals surface area contributed by atoms with Gasteiger partial charge in [0.25, 0.3) is 0 Å². The fourth-order valence-corrected chi connectivity index (χ4v) is 3.14. The van der Waals surface area contributed by atoms with Crippen LogP contribution in [0.15, 0.2) is 6.20 Å². The second kappa shape index (κ2) is 5.85. The zero-order chi connectivity index (χ0) is 13.1. The van der Waals surface area contributed by atoms with Crippen LogP contribution >= 0.6 is 0 Å². The average molecular weight is 250 g/mol. The Morgan fingerprint density at radius 1 is 1.44 bits per heavy atom. The molecule has 0 spiro atoms. The first-order chi connectivity index (χ1) is 8.63. The van der Waals surface area contributed by atoms with Crippen molar-refractivity contribution in [3.63, 3.8) is 0 Å². The van der Waals surface area contributed by atoms with Crippen LogP contribution in [-0.4, -0.2) is 33.8 Å². The van der Waals surface area contributed by atoms with Gasteiger partial charge in [0.15, 0.2) is 0 Å². The van der Waals surface area contributed by atoms with Gasteiger partial charge in [-0.3, -0.25) is 9.58 Å². The summed E-state index contributed by atoms with van der Waals surface area (Å²) in [6.07, 6.45) is 6.97. The van der Waals surface area contributed by atoms with E-state index in [4.69, 9.17) is 5.73 Å². The molecule has 0 aromatic carbocycles. The van der Waals surface area contributed by atoms with Gasteiger partial charge in [-0.1, -0.05) is 13.3 Å². The number of nitrogens with two attached hydrogens (primary N) is 1. The quantitative estimate of drug-likeness (QED) is 0.892. The Morgan fingerprint density at radius 2 is 2.22 bits per heavy atom. The molecule has 1 saturated heterocycles. The van der Waals surface area contributed by atoms with Crippen LogP contribution in [0.3, 0.4) is 0 Å². The minimum absolute atomic E-state index is 0.238. The van der Waals surface area contributed by atoms with Crippen LogP contribution in [0.5, 0.6) is 0 Å². The molecule has 1 aliphatic rings. The van der Waals surface area contributed by atoms with Crippen LogP contribution in [0, 0.1) is 6.92 Å². The maximum Gasteiger partial charge on any atom is 0.0642 e. The van der Waals surface area contributed by atoms with Gasteiger partial charge >= 0.3 is 0 Å². The van der Waals surface area contributed by atoms with E-state index in [1.165, 1.54) is 31.4 Å². The van der Waals surface area contributed by atoms with Crippen LogP contribution in [0.4, 0.5) is 0 Å². The van der Waals surface area contributed by atoms with E-state index in [9.17, 15) is 0 Å². The van der Waals surface area contributed by atoms with Crippen molar-refractivity contribution >= 4 is 0 Å². The highest BCUT2D eigenvalue weighted by Gasteiger charge is 2.30. The molecule has 0 radical (unpaired) electrons. The van der Waals surface area contributed by atoms with Crippen LogP contribution < -0.4 is 5.73 Å². The molecule has 0 bridgehead atoms. The van der Waals surface area contributed by atoms with E-state index < -0.39 is 0 Å². The highest BCUT2D eigenvalue weighted by atomic mass is 15.3. The molecule has 1 aromatic heterocycles. The van der Waals surface area contributed by atoms with Crippen molar-refractivity contribution < 1.29 is 0 Å². The minimum atomic E-state index is 0.238. The molecule has 0 aliphatic carbocycles. The maximum atomic E-state index is 6.43. The van der Waals surface area contributed by atoms with E-state index >= 15 is 0 Å². The van der Waals surface area contributed by atoms with Crippen molar-refractivity contribution in [2.45, 2.75) is 51.6 Å². The van der Waals surface area contributed by atoms with Crippen molar-refractivity contribution in [1.29, 1.82) is 0 Å². The Bertz CT molecular complexity index is 385. The Hall–Kier alpha value is -0.870. The summed E-state index contributed by atoms with van der Waals surface area (Å²) in [6.45, 7) is 6.63. The molecule has 2 atom stereocenters. The molecule has 4 heteroatoms. The lowest BCUT2D eigenvalue weighted by molar-refractivity contribution is 0.185. The Labute approximate surface area is 110 Å². The zero-order valence-corrected chi connectivity index (χ0v) is 11.9. The number of hydrogen-bond acceptors (Lipinski definition) is 3. The Morgan fingerprint density at radius 3 is 2.83 bits per heavy atom. The number of aromatic nitrogens is 2. The van der Waals surface area contributed by atoms with Gasteiger partial charge in [0.05, 0.1) is 11.7 Å². The van der Waals surface area contributed by atoms with Crippen molar-refractivity contribution in [2.24, 2.45) is 12.8 Å². The van der Waals surface area contributed by atoms with Gasteiger partial charge in [-0.2, -0.15) is 5.10 Å². The summed E-state index contributed by atoms with van der Waals surface area (Å²) in [6, 6.07) is 0.586. The number of nitrogens with zero attached hydrogens (tertiary/aromatic N) is 3. The standard InChI is InChI=1S/C14H26N4/c1-4-8-18-9-6-5-7-13(15)14(18)12-10-17(3)16-11(12)2/h10,13-14H,4-9,15H2,1-3H3. The van der Waals surface area contributed by atoms with E-state index in [1.54, 1.807) is 0 Å². The van der Waals surface area contributed by atoms with Crippen LogP contribution in [-0.2, 0) is 7.05 Å². The lowest BCUT2D eigenvalue weighted by atomic mass is 9.97. The van der Waals surface area contributed by atoms with E-state index in [1.807, 2.05) is 11.7 Å². The van der Waals surface area contributed by atoms with Gasteiger partial charge in [0.2, 0.25) is 0 Å². The monoisotopic (exact) mass is 250 g/mol. The first-order valence-electron chi connectivity index (χ1n) is 7.13. The zero-order valence-electron chi connectivity index (χ0n) is 11.9. The van der Waals surface area contributed by atoms with Crippen LogP contribution in [0.1, 0.15) is 49.9 Å². The van der Waals surface area contributed by atoms with Crippen molar-refractivity contribution in [2.75, 3.05) is 13.1 Å². The fourth-order valence-electron chi connectivity index (χ4n) is 3.14. The van der Waals surface area contributed by atoms with E-state index in [2.05, 4.69) is 30.0 Å². The Kier molecular flexibility index (Phi) is 4.40. The van der Waals surface area contributed by atoms with Crippen molar-refractivity contribution in [1.82, 2.24) is 14.7 Å². The molecule has 18 heavy (non-hydrogen) atoms. The summed E-state index contributed by atoms with van der Waals surface area (Å²) < 4.78 is 1.91. The van der Waals surface area contributed by atoms with Gasteiger partial charge in [0, 0.05) is 24.8 Å². The third-order valence-corrected chi connectivity index (χ3v) is 3.91. The van der Waals surface area contributed by atoms with E-state index in [-0.39, 0.29) is 6.04 Å². The highest BCUT2D eigenvalue weighted by Crippen LogP contribution is 2.30. The maximum absolute atomic E-state index is 6.43. The molecule has 0 amide bonds. The van der Waals surface area contributed by atoms with Gasteiger partial charge in [0.1, 0.15) is 0 Å². The molecular formula is C14H26N4. The molecule has 2 rings (SSSR count). The molecule has 1 fully saturated rings. The van der Waals surface area contributed by atoms with Gasteiger partial charge in [-0.15, -0.1) is 0 Å². The summed E-state index contributed by atoms with van der Waals surface area (Å²) in [5.41, 5.74) is 8.88. The predicted octanol–water partition coefficient (Wildman–Crippen LogP) is 1.99. The summed E-state index contributed by atoms with van der Waals surface area (Å²) in [5, 5.41) is 4.48. The first kappa shape index (κ1) is 13.6. The lowest BCUT2D eigenvalue weighted by Crippen LogP contribution is -2.40. The molecule has 2 heterocycles. The molecule has 2 N–H and O–H groups in total. The first-order valence-corrected chi connectivity index (χ1v) is 7.13. The minimum Gasteiger partial charge on any atom is -0.326 e. The van der Waals surface area contributed by atoms with Gasteiger partial charge in [-0.25, -0.2) is 0 Å². The molecule has 0 saturated carbocycles. The fraction of sp³-hybridized carbons (Fsp3) is 0.786. The van der Waals surface area contributed by atoms with E-state index in [0.29, 0.717) is 6.04 Å². The second-order valence-electron chi connectivity index (χ2n) is 5.48. The molecule has 1 aromatic rings. The van der Waals surface area contributed by atoms with Gasteiger partial charge in [-0.05, 0) is 39.3 Å². The number of aryl methyl sites for hydroxylation is 2. The van der Waals surface area contributed by atoms with Crippen LogP contribution in [0.2, 0.25) is 0 Å². The summed E-state index contributed by atoms with van der Waals surface area (Å²) in [7, 11) is 1.99. The third-order valence-electron chi connectivity index (χ3n) is 3.91. The Balaban J connectivity index is 2.30.